The summed E-state index contributed by atoms with van der Waals surface area (Å²) in [5.74, 6) is 2.35. The third kappa shape index (κ3) is 4.30. The van der Waals surface area contributed by atoms with Gasteiger partial charge in [-0.3, -0.25) is 4.79 Å². The number of carbonyl (C=O) groups is 1. The Morgan fingerprint density at radius 3 is 2.59 bits per heavy atom. The Kier molecular flexibility index (Phi) is 4.45. The number of benzene rings is 1. The zero-order valence-electron chi connectivity index (χ0n) is 9.68. The lowest BCUT2D eigenvalue weighted by molar-refractivity contribution is -0.121. The molecule has 0 saturated heterocycles. The van der Waals surface area contributed by atoms with Crippen LogP contribution in [0.15, 0.2) is 18.2 Å². The minimum absolute atomic E-state index is 0.147. The summed E-state index contributed by atoms with van der Waals surface area (Å²) >= 11 is 11.6. The fourth-order valence-electron chi connectivity index (χ4n) is 1.26. The molecular weight excluding hydrogens is 257 g/mol. The monoisotopic (exact) mass is 269 g/mol. The quantitative estimate of drug-likeness (QED) is 0.840. The molecule has 1 N–H and O–H groups in total. The van der Waals surface area contributed by atoms with E-state index < -0.39 is 5.54 Å². The van der Waals surface area contributed by atoms with Crippen LogP contribution < -0.4 is 5.32 Å². The van der Waals surface area contributed by atoms with E-state index in [1.807, 2.05) is 0 Å². The number of carbonyl (C=O) groups excluding carboxylic acids is 1. The molecule has 0 aliphatic carbocycles. The van der Waals surface area contributed by atoms with Crippen molar-refractivity contribution in [1.82, 2.24) is 5.32 Å². The molecular formula is C13H13Cl2NO. The molecule has 1 aromatic rings. The second-order valence-electron chi connectivity index (χ2n) is 4.24. The highest BCUT2D eigenvalue weighted by atomic mass is 35.5. The van der Waals surface area contributed by atoms with Gasteiger partial charge in [0, 0.05) is 0 Å². The van der Waals surface area contributed by atoms with E-state index in [-0.39, 0.29) is 12.3 Å². The first kappa shape index (κ1) is 13.9. The smallest absolute Gasteiger partial charge is 0.225 e. The van der Waals surface area contributed by atoms with Gasteiger partial charge in [0.2, 0.25) is 5.91 Å². The van der Waals surface area contributed by atoms with Crippen molar-refractivity contribution < 1.29 is 4.79 Å². The maximum atomic E-state index is 11.7. The van der Waals surface area contributed by atoms with Crippen LogP contribution in [0.5, 0.6) is 0 Å². The second kappa shape index (κ2) is 5.44. The van der Waals surface area contributed by atoms with Gasteiger partial charge in [-0.05, 0) is 31.5 Å². The summed E-state index contributed by atoms with van der Waals surface area (Å²) in [4.78, 5) is 11.7. The van der Waals surface area contributed by atoms with E-state index in [0.29, 0.717) is 10.0 Å². The molecule has 0 aromatic heterocycles. The van der Waals surface area contributed by atoms with Crippen molar-refractivity contribution in [2.24, 2.45) is 0 Å². The number of amides is 1. The fraction of sp³-hybridized carbons (Fsp3) is 0.308. The second-order valence-corrected chi connectivity index (χ2v) is 5.06. The molecule has 0 radical (unpaired) electrons. The first-order valence-corrected chi connectivity index (χ1v) is 5.82. The standard InChI is InChI=1S/C13H13Cl2NO/c1-4-13(2,3)16-12(17)8-9-5-6-10(14)11(15)7-9/h1,5-7H,8H2,2-3H3,(H,16,17). The molecule has 2 nitrogen and oxygen atoms in total. The molecule has 1 rings (SSSR count). The van der Waals surface area contributed by atoms with E-state index >= 15 is 0 Å². The van der Waals surface area contributed by atoms with Crippen molar-refractivity contribution in [3.05, 3.63) is 33.8 Å². The molecule has 0 aliphatic heterocycles. The van der Waals surface area contributed by atoms with Gasteiger partial charge < -0.3 is 5.32 Å². The van der Waals surface area contributed by atoms with Gasteiger partial charge in [-0.2, -0.15) is 0 Å². The number of nitrogens with one attached hydrogen (secondary N) is 1. The Labute approximate surface area is 111 Å². The summed E-state index contributed by atoms with van der Waals surface area (Å²) in [7, 11) is 0. The number of halogens is 2. The zero-order chi connectivity index (χ0) is 13.1. The van der Waals surface area contributed by atoms with Crippen molar-refractivity contribution in [3.8, 4) is 12.3 Å². The molecule has 4 heteroatoms. The minimum Gasteiger partial charge on any atom is -0.340 e. The largest absolute Gasteiger partial charge is 0.340 e. The highest BCUT2D eigenvalue weighted by molar-refractivity contribution is 6.42. The first-order chi connectivity index (χ1) is 7.84. The van der Waals surface area contributed by atoms with Crippen LogP contribution in [0.2, 0.25) is 10.0 Å². The van der Waals surface area contributed by atoms with Crippen LogP contribution in [0, 0.1) is 12.3 Å². The fourth-order valence-corrected chi connectivity index (χ4v) is 1.58. The minimum atomic E-state index is -0.646. The van der Waals surface area contributed by atoms with Crippen LogP contribution in [0.1, 0.15) is 19.4 Å². The summed E-state index contributed by atoms with van der Waals surface area (Å²) in [6.45, 7) is 3.53. The SMILES string of the molecule is C#CC(C)(C)NC(=O)Cc1ccc(Cl)c(Cl)c1. The Morgan fingerprint density at radius 1 is 1.41 bits per heavy atom. The Bertz CT molecular complexity index is 475. The molecule has 0 spiro atoms. The van der Waals surface area contributed by atoms with Gasteiger partial charge in [0.05, 0.1) is 22.0 Å². The van der Waals surface area contributed by atoms with Crippen LogP contribution in [-0.2, 0) is 11.2 Å². The van der Waals surface area contributed by atoms with Crippen LogP contribution >= 0.6 is 23.2 Å². The Morgan fingerprint density at radius 2 is 2.06 bits per heavy atom. The highest BCUT2D eigenvalue weighted by Gasteiger charge is 2.17. The molecule has 0 saturated carbocycles. The summed E-state index contributed by atoms with van der Waals surface area (Å²) in [6, 6.07) is 5.10. The van der Waals surface area contributed by atoms with E-state index in [9.17, 15) is 4.79 Å². The van der Waals surface area contributed by atoms with Gasteiger partial charge in [0.25, 0.3) is 0 Å². The van der Waals surface area contributed by atoms with E-state index in [1.54, 1.807) is 32.0 Å². The third-order valence-electron chi connectivity index (χ3n) is 2.16. The molecule has 0 unspecified atom stereocenters. The predicted molar refractivity (Wildman–Crippen MR) is 71.2 cm³/mol. The van der Waals surface area contributed by atoms with Crippen molar-refractivity contribution in [1.29, 1.82) is 0 Å². The predicted octanol–water partition coefficient (Wildman–Crippen LogP) is 3.06. The average Bonchev–Trinajstić information content (AvgIpc) is 2.23. The number of hydrogen-bond acceptors (Lipinski definition) is 1. The maximum Gasteiger partial charge on any atom is 0.225 e. The lowest BCUT2D eigenvalue weighted by Gasteiger charge is -2.19. The van der Waals surface area contributed by atoms with Gasteiger partial charge >= 0.3 is 0 Å². The summed E-state index contributed by atoms with van der Waals surface area (Å²) < 4.78 is 0. The summed E-state index contributed by atoms with van der Waals surface area (Å²) in [5, 5.41) is 3.65. The molecule has 0 bridgehead atoms. The normalized spacial score (nSPS) is 10.8. The van der Waals surface area contributed by atoms with Gasteiger partial charge in [-0.15, -0.1) is 6.42 Å². The molecule has 0 heterocycles. The Balaban J connectivity index is 2.69. The molecule has 1 aromatic carbocycles. The van der Waals surface area contributed by atoms with Crippen molar-refractivity contribution in [3.63, 3.8) is 0 Å². The van der Waals surface area contributed by atoms with E-state index in [0.717, 1.165) is 5.56 Å². The van der Waals surface area contributed by atoms with E-state index in [2.05, 4.69) is 11.2 Å². The van der Waals surface area contributed by atoms with Crippen molar-refractivity contribution >= 4 is 29.1 Å². The maximum absolute atomic E-state index is 11.7. The summed E-state index contributed by atoms with van der Waals surface area (Å²) in [5.41, 5.74) is 0.151. The van der Waals surface area contributed by atoms with Crippen LogP contribution in [0.25, 0.3) is 0 Å². The van der Waals surface area contributed by atoms with E-state index in [1.165, 1.54) is 0 Å². The van der Waals surface area contributed by atoms with Gasteiger partial charge in [0.1, 0.15) is 0 Å². The molecule has 0 atom stereocenters. The molecule has 90 valence electrons. The van der Waals surface area contributed by atoms with E-state index in [4.69, 9.17) is 29.6 Å². The third-order valence-corrected chi connectivity index (χ3v) is 2.90. The van der Waals surface area contributed by atoms with Crippen molar-refractivity contribution in [2.45, 2.75) is 25.8 Å². The molecule has 17 heavy (non-hydrogen) atoms. The molecule has 1 amide bonds. The van der Waals surface area contributed by atoms with Crippen molar-refractivity contribution in [2.75, 3.05) is 0 Å². The first-order valence-electron chi connectivity index (χ1n) is 5.07. The number of rotatable bonds is 3. The lowest BCUT2D eigenvalue weighted by Crippen LogP contribution is -2.42. The number of terminal acetylenes is 1. The highest BCUT2D eigenvalue weighted by Crippen LogP contribution is 2.22. The summed E-state index contributed by atoms with van der Waals surface area (Å²) in [6.07, 6.45) is 5.51. The zero-order valence-corrected chi connectivity index (χ0v) is 11.2. The van der Waals surface area contributed by atoms with Gasteiger partial charge in [-0.1, -0.05) is 35.2 Å². The van der Waals surface area contributed by atoms with Crippen LogP contribution in [0.4, 0.5) is 0 Å². The van der Waals surface area contributed by atoms with Gasteiger partial charge in [-0.25, -0.2) is 0 Å². The van der Waals surface area contributed by atoms with Crippen LogP contribution in [0.3, 0.4) is 0 Å². The molecule has 0 fully saturated rings. The lowest BCUT2D eigenvalue weighted by atomic mass is 10.1. The van der Waals surface area contributed by atoms with Gasteiger partial charge in [0.15, 0.2) is 0 Å². The topological polar surface area (TPSA) is 29.1 Å². The Hall–Kier alpha value is -1.17. The average molecular weight is 270 g/mol. The number of hydrogen-bond donors (Lipinski definition) is 1. The molecule has 0 aliphatic rings. The van der Waals surface area contributed by atoms with Crippen LogP contribution in [-0.4, -0.2) is 11.4 Å².